The Hall–Kier alpha value is -1.83. The summed E-state index contributed by atoms with van der Waals surface area (Å²) in [6, 6.07) is 0.283. The molecule has 1 aromatic heterocycles. The fourth-order valence-electron chi connectivity index (χ4n) is 1.62. The summed E-state index contributed by atoms with van der Waals surface area (Å²) in [6.07, 6.45) is 2.03. The number of aromatic nitrogens is 1. The Morgan fingerprint density at radius 3 is 2.62 bits per heavy atom. The Kier molecular flexibility index (Phi) is 4.36. The zero-order valence-corrected chi connectivity index (χ0v) is 13.3. The van der Waals surface area contributed by atoms with Crippen LogP contribution >= 0.6 is 11.3 Å². The Morgan fingerprint density at radius 2 is 2.05 bits per heavy atom. The van der Waals surface area contributed by atoms with E-state index in [0.29, 0.717) is 10.0 Å². The molecule has 1 aromatic rings. The third kappa shape index (κ3) is 4.89. The number of carbonyl (C=O) groups excluding carboxylic acids is 2. The molecule has 0 unspecified atom stereocenters. The van der Waals surface area contributed by atoms with Gasteiger partial charge in [0, 0.05) is 11.6 Å². The second-order valence-corrected chi connectivity index (χ2v) is 7.13. The van der Waals surface area contributed by atoms with Crippen LogP contribution in [0.25, 0.3) is 0 Å². The number of thiazole rings is 1. The Labute approximate surface area is 127 Å². The number of nitrogens with one attached hydrogen (secondary N) is 3. The zero-order valence-electron chi connectivity index (χ0n) is 12.4. The number of rotatable bonds is 5. The lowest BCUT2D eigenvalue weighted by Gasteiger charge is -2.19. The average molecular weight is 311 g/mol. The monoisotopic (exact) mass is 311 g/mol. The van der Waals surface area contributed by atoms with Gasteiger partial charge in [0.2, 0.25) is 5.91 Å². The molecule has 0 spiro atoms. The van der Waals surface area contributed by atoms with E-state index in [2.05, 4.69) is 20.9 Å². The van der Waals surface area contributed by atoms with E-state index in [4.69, 9.17) is 5.73 Å². The fraction of sp³-hybridized carbons (Fsp3) is 0.615. The molecular weight excluding hydrogens is 290 g/mol. The summed E-state index contributed by atoms with van der Waals surface area (Å²) in [5, 5.41) is 9.12. The Balaban J connectivity index is 1.90. The SMILES string of the molecule is CC(C)(C)Nc1nc(N)c(C(=O)NCC(=O)NC2CC2)s1. The maximum atomic E-state index is 12.0. The number of hydrogen-bond acceptors (Lipinski definition) is 6. The first kappa shape index (κ1) is 15.6. The van der Waals surface area contributed by atoms with Gasteiger partial charge in [-0.2, -0.15) is 0 Å². The number of nitrogens with two attached hydrogens (primary N) is 1. The molecule has 1 fully saturated rings. The second kappa shape index (κ2) is 5.88. The highest BCUT2D eigenvalue weighted by Gasteiger charge is 2.24. The molecule has 1 aliphatic carbocycles. The van der Waals surface area contributed by atoms with Crippen molar-refractivity contribution in [2.45, 2.75) is 45.2 Å². The molecular formula is C13H21N5O2S. The maximum Gasteiger partial charge on any atom is 0.265 e. The molecule has 0 aromatic carbocycles. The minimum Gasteiger partial charge on any atom is -0.382 e. The first-order valence-corrected chi connectivity index (χ1v) is 7.68. The van der Waals surface area contributed by atoms with Crippen LogP contribution in [-0.4, -0.2) is 34.9 Å². The lowest BCUT2D eigenvalue weighted by atomic mass is 10.1. The molecule has 2 rings (SSSR count). The molecule has 0 saturated heterocycles. The smallest absolute Gasteiger partial charge is 0.265 e. The quantitative estimate of drug-likeness (QED) is 0.647. The summed E-state index contributed by atoms with van der Waals surface area (Å²) in [5.41, 5.74) is 5.59. The number of amides is 2. The van der Waals surface area contributed by atoms with Crippen molar-refractivity contribution in [3.8, 4) is 0 Å². The number of nitrogen functional groups attached to an aromatic ring is 1. The number of carbonyl (C=O) groups is 2. The highest BCUT2D eigenvalue weighted by Crippen LogP contribution is 2.27. The molecule has 0 bridgehead atoms. The van der Waals surface area contributed by atoms with Gasteiger partial charge in [-0.05, 0) is 33.6 Å². The first-order chi connectivity index (χ1) is 9.74. The highest BCUT2D eigenvalue weighted by molar-refractivity contribution is 7.18. The van der Waals surface area contributed by atoms with Crippen molar-refractivity contribution >= 4 is 34.1 Å². The van der Waals surface area contributed by atoms with Crippen LogP contribution in [0, 0.1) is 0 Å². The molecule has 1 heterocycles. The van der Waals surface area contributed by atoms with E-state index < -0.39 is 0 Å². The molecule has 8 heteroatoms. The molecule has 0 atom stereocenters. The van der Waals surface area contributed by atoms with E-state index in [1.165, 1.54) is 11.3 Å². The van der Waals surface area contributed by atoms with Crippen molar-refractivity contribution in [3.05, 3.63) is 4.88 Å². The topological polar surface area (TPSA) is 109 Å². The number of hydrogen-bond donors (Lipinski definition) is 4. The molecule has 7 nitrogen and oxygen atoms in total. The Morgan fingerprint density at radius 1 is 1.38 bits per heavy atom. The van der Waals surface area contributed by atoms with Crippen LogP contribution in [0.2, 0.25) is 0 Å². The zero-order chi connectivity index (χ0) is 15.6. The van der Waals surface area contributed by atoms with Crippen molar-refractivity contribution < 1.29 is 9.59 Å². The van der Waals surface area contributed by atoms with Crippen LogP contribution in [0.15, 0.2) is 0 Å². The minimum absolute atomic E-state index is 0.0469. The van der Waals surface area contributed by atoms with Crippen molar-refractivity contribution in [1.82, 2.24) is 15.6 Å². The third-order valence-electron chi connectivity index (χ3n) is 2.69. The molecule has 2 amide bonds. The largest absolute Gasteiger partial charge is 0.382 e. The normalized spacial score (nSPS) is 14.6. The van der Waals surface area contributed by atoms with Crippen LogP contribution in [0.4, 0.5) is 10.9 Å². The van der Waals surface area contributed by atoms with E-state index in [0.717, 1.165) is 12.8 Å². The highest BCUT2D eigenvalue weighted by atomic mass is 32.1. The van der Waals surface area contributed by atoms with Gasteiger partial charge in [0.05, 0.1) is 6.54 Å². The van der Waals surface area contributed by atoms with Crippen molar-refractivity contribution in [1.29, 1.82) is 0 Å². The van der Waals surface area contributed by atoms with Gasteiger partial charge in [0.15, 0.2) is 5.13 Å². The van der Waals surface area contributed by atoms with E-state index in [1.54, 1.807) is 0 Å². The van der Waals surface area contributed by atoms with Gasteiger partial charge in [-0.3, -0.25) is 9.59 Å². The van der Waals surface area contributed by atoms with E-state index in [1.807, 2.05) is 20.8 Å². The summed E-state index contributed by atoms with van der Waals surface area (Å²) >= 11 is 1.18. The number of nitrogens with zero attached hydrogens (tertiary/aromatic N) is 1. The van der Waals surface area contributed by atoms with Crippen LogP contribution in [0.3, 0.4) is 0 Å². The molecule has 0 radical (unpaired) electrons. The summed E-state index contributed by atoms with van der Waals surface area (Å²) in [6.45, 7) is 5.93. The third-order valence-corrected chi connectivity index (χ3v) is 3.68. The predicted molar refractivity (Wildman–Crippen MR) is 83.4 cm³/mol. The van der Waals surface area contributed by atoms with Crippen molar-refractivity contribution in [2.24, 2.45) is 0 Å². The van der Waals surface area contributed by atoms with Crippen LogP contribution in [0.5, 0.6) is 0 Å². The lowest BCUT2D eigenvalue weighted by Crippen LogP contribution is -2.37. The van der Waals surface area contributed by atoms with Gasteiger partial charge in [-0.15, -0.1) is 0 Å². The molecule has 116 valence electrons. The van der Waals surface area contributed by atoms with E-state index in [-0.39, 0.29) is 35.8 Å². The standard InChI is InChI=1S/C13H21N5O2S/c1-13(2,3)18-12-17-10(14)9(21-12)11(20)15-6-8(19)16-7-4-5-7/h7H,4-6,14H2,1-3H3,(H,15,20)(H,16,19)(H,17,18). The van der Waals surface area contributed by atoms with Gasteiger partial charge in [-0.1, -0.05) is 11.3 Å². The molecule has 21 heavy (non-hydrogen) atoms. The molecule has 0 aliphatic heterocycles. The summed E-state index contributed by atoms with van der Waals surface area (Å²) in [4.78, 5) is 28.0. The molecule has 5 N–H and O–H groups in total. The summed E-state index contributed by atoms with van der Waals surface area (Å²) in [7, 11) is 0. The predicted octanol–water partition coefficient (Wildman–Crippen LogP) is 0.944. The lowest BCUT2D eigenvalue weighted by molar-refractivity contribution is -0.120. The average Bonchev–Trinajstić information content (AvgIpc) is 3.07. The van der Waals surface area contributed by atoms with Gasteiger partial charge < -0.3 is 21.7 Å². The minimum atomic E-state index is -0.377. The van der Waals surface area contributed by atoms with Crippen molar-refractivity contribution in [3.63, 3.8) is 0 Å². The Bertz CT molecular complexity index is 545. The van der Waals surface area contributed by atoms with Crippen molar-refractivity contribution in [2.75, 3.05) is 17.6 Å². The maximum absolute atomic E-state index is 12.0. The summed E-state index contributed by atoms with van der Waals surface area (Å²) < 4.78 is 0. The summed E-state index contributed by atoms with van der Waals surface area (Å²) in [5.74, 6) is -0.383. The number of anilines is 2. The van der Waals surface area contributed by atoms with E-state index in [9.17, 15) is 9.59 Å². The molecule has 1 aliphatic rings. The second-order valence-electron chi connectivity index (χ2n) is 6.13. The van der Waals surface area contributed by atoms with Crippen LogP contribution < -0.4 is 21.7 Å². The van der Waals surface area contributed by atoms with Crippen LogP contribution in [-0.2, 0) is 4.79 Å². The van der Waals surface area contributed by atoms with Gasteiger partial charge in [0.1, 0.15) is 10.7 Å². The fourth-order valence-corrected chi connectivity index (χ4v) is 2.63. The van der Waals surface area contributed by atoms with Gasteiger partial charge in [0.25, 0.3) is 5.91 Å². The van der Waals surface area contributed by atoms with Gasteiger partial charge >= 0.3 is 0 Å². The first-order valence-electron chi connectivity index (χ1n) is 6.86. The van der Waals surface area contributed by atoms with Gasteiger partial charge in [-0.25, -0.2) is 4.98 Å². The van der Waals surface area contributed by atoms with E-state index >= 15 is 0 Å². The van der Waals surface area contributed by atoms with Crippen LogP contribution in [0.1, 0.15) is 43.3 Å². The molecule has 1 saturated carbocycles.